The number of nitrogens with zero attached hydrogens (tertiary/aromatic N) is 2. The van der Waals surface area contributed by atoms with Crippen LogP contribution in [0.15, 0.2) is 24.3 Å². The summed E-state index contributed by atoms with van der Waals surface area (Å²) in [4.78, 5) is 25.2. The molecule has 1 aliphatic carbocycles. The Balaban J connectivity index is 2.05. The number of amides is 2. The Morgan fingerprint density at radius 3 is 2.50 bits per heavy atom. The van der Waals surface area contributed by atoms with Crippen LogP contribution in [0, 0.1) is 6.92 Å². The van der Waals surface area contributed by atoms with Crippen molar-refractivity contribution in [2.45, 2.75) is 38.8 Å². The highest BCUT2D eigenvalue weighted by atomic mass is 35.5. The van der Waals surface area contributed by atoms with E-state index in [0.717, 1.165) is 23.6 Å². The maximum Gasteiger partial charge on any atom is 0.435 e. The molecular formula is C20H20ClF3N4O2. The van der Waals surface area contributed by atoms with Crippen molar-refractivity contribution in [1.29, 1.82) is 0 Å². The average molecular weight is 441 g/mol. The molecule has 2 aromatic rings. The molecule has 0 bridgehead atoms. The second-order valence-electron chi connectivity index (χ2n) is 6.94. The fourth-order valence-electron chi connectivity index (χ4n) is 3.31. The van der Waals surface area contributed by atoms with Gasteiger partial charge in [-0.25, -0.2) is 4.68 Å². The standard InChI is InChI=1S/C20H20ClF3N4O2/c1-11-8-12(21)9-14(18(29)25-2)17(11)26-19(30)15-10-16(20(22,23)24)27-28(15)13-6-4-3-5-7-13/h6,8-10H,3-5,7H2,1-2H3,(H,25,29)(H,26,30). The summed E-state index contributed by atoms with van der Waals surface area (Å²) in [5, 5.41) is 8.95. The van der Waals surface area contributed by atoms with Gasteiger partial charge in [0.2, 0.25) is 0 Å². The van der Waals surface area contributed by atoms with E-state index < -0.39 is 23.7 Å². The van der Waals surface area contributed by atoms with Gasteiger partial charge in [-0.15, -0.1) is 0 Å². The molecule has 0 fully saturated rings. The third-order valence-corrected chi connectivity index (χ3v) is 5.00. The molecular weight excluding hydrogens is 421 g/mol. The molecule has 1 aromatic carbocycles. The van der Waals surface area contributed by atoms with Gasteiger partial charge < -0.3 is 10.6 Å². The van der Waals surface area contributed by atoms with Gasteiger partial charge in [-0.2, -0.15) is 18.3 Å². The first-order valence-corrected chi connectivity index (χ1v) is 9.70. The number of aryl methyl sites for hydroxylation is 1. The number of hydrogen-bond acceptors (Lipinski definition) is 3. The number of allylic oxidation sites excluding steroid dienone is 2. The molecule has 1 aliphatic rings. The molecule has 0 radical (unpaired) electrons. The molecule has 160 valence electrons. The summed E-state index contributed by atoms with van der Waals surface area (Å²) in [6.45, 7) is 1.63. The number of carbonyl (C=O) groups excluding carboxylic acids is 2. The highest BCUT2D eigenvalue weighted by molar-refractivity contribution is 6.31. The third kappa shape index (κ3) is 4.51. The number of anilines is 1. The van der Waals surface area contributed by atoms with Crippen molar-refractivity contribution in [3.63, 3.8) is 0 Å². The zero-order chi connectivity index (χ0) is 22.1. The van der Waals surface area contributed by atoms with Gasteiger partial charge in [0.1, 0.15) is 5.69 Å². The highest BCUT2D eigenvalue weighted by Crippen LogP contribution is 2.32. The van der Waals surface area contributed by atoms with Gasteiger partial charge in [0, 0.05) is 23.8 Å². The van der Waals surface area contributed by atoms with Crippen LogP contribution in [0.1, 0.15) is 57.8 Å². The van der Waals surface area contributed by atoms with Gasteiger partial charge in [-0.3, -0.25) is 9.59 Å². The van der Waals surface area contributed by atoms with Gasteiger partial charge in [-0.05, 0) is 50.3 Å². The van der Waals surface area contributed by atoms with Crippen LogP contribution < -0.4 is 10.6 Å². The topological polar surface area (TPSA) is 76.0 Å². The lowest BCUT2D eigenvalue weighted by molar-refractivity contribution is -0.141. The number of carbonyl (C=O) groups is 2. The smallest absolute Gasteiger partial charge is 0.355 e. The Kier molecular flexibility index (Phi) is 6.21. The summed E-state index contributed by atoms with van der Waals surface area (Å²) in [6.07, 6.45) is 0.0381. The van der Waals surface area contributed by atoms with E-state index in [4.69, 9.17) is 11.6 Å². The lowest BCUT2D eigenvalue weighted by Gasteiger charge is -2.17. The molecule has 2 amide bonds. The summed E-state index contributed by atoms with van der Waals surface area (Å²) >= 11 is 6.02. The molecule has 0 unspecified atom stereocenters. The summed E-state index contributed by atoms with van der Waals surface area (Å²) in [6, 6.07) is 3.65. The number of hydrogen-bond donors (Lipinski definition) is 2. The maximum absolute atomic E-state index is 13.3. The minimum atomic E-state index is -4.70. The summed E-state index contributed by atoms with van der Waals surface area (Å²) < 4.78 is 40.8. The maximum atomic E-state index is 13.3. The van der Waals surface area contributed by atoms with Crippen LogP contribution in [0.2, 0.25) is 5.02 Å². The van der Waals surface area contributed by atoms with Gasteiger partial charge >= 0.3 is 6.18 Å². The van der Waals surface area contributed by atoms with Crippen LogP contribution in [0.5, 0.6) is 0 Å². The molecule has 1 heterocycles. The minimum absolute atomic E-state index is 0.106. The average Bonchev–Trinajstić information content (AvgIpc) is 3.16. The molecule has 0 aliphatic heterocycles. The number of halogens is 4. The van der Waals surface area contributed by atoms with Gasteiger partial charge in [0.25, 0.3) is 11.8 Å². The van der Waals surface area contributed by atoms with Gasteiger partial charge in [0.15, 0.2) is 5.69 Å². The number of rotatable bonds is 4. The lowest BCUT2D eigenvalue weighted by atomic mass is 10.0. The molecule has 30 heavy (non-hydrogen) atoms. The first kappa shape index (κ1) is 21.9. The van der Waals surface area contributed by atoms with Gasteiger partial charge in [-0.1, -0.05) is 17.7 Å². The van der Waals surface area contributed by atoms with Crippen LogP contribution in [0.4, 0.5) is 18.9 Å². The molecule has 2 N–H and O–H groups in total. The van der Waals surface area contributed by atoms with E-state index in [-0.39, 0.29) is 16.9 Å². The van der Waals surface area contributed by atoms with Crippen LogP contribution >= 0.6 is 11.6 Å². The van der Waals surface area contributed by atoms with Crippen LogP contribution in [-0.2, 0) is 6.18 Å². The minimum Gasteiger partial charge on any atom is -0.355 e. The van der Waals surface area contributed by atoms with E-state index >= 15 is 0 Å². The van der Waals surface area contributed by atoms with Crippen LogP contribution in [0.25, 0.3) is 5.70 Å². The van der Waals surface area contributed by atoms with Crippen molar-refractivity contribution >= 4 is 34.8 Å². The molecule has 0 saturated heterocycles. The highest BCUT2D eigenvalue weighted by Gasteiger charge is 2.36. The molecule has 1 aromatic heterocycles. The second kappa shape index (κ2) is 8.51. The van der Waals surface area contributed by atoms with Crippen molar-refractivity contribution in [3.8, 4) is 0 Å². The van der Waals surface area contributed by atoms with Crippen molar-refractivity contribution in [3.05, 3.63) is 51.8 Å². The first-order chi connectivity index (χ1) is 14.1. The zero-order valence-electron chi connectivity index (χ0n) is 16.4. The number of benzene rings is 1. The molecule has 10 heteroatoms. The van der Waals surface area contributed by atoms with Crippen LogP contribution in [0.3, 0.4) is 0 Å². The number of nitrogens with one attached hydrogen (secondary N) is 2. The Morgan fingerprint density at radius 1 is 1.17 bits per heavy atom. The van der Waals surface area contributed by atoms with Crippen molar-refractivity contribution in [1.82, 2.24) is 15.1 Å². The predicted molar refractivity (Wildman–Crippen MR) is 108 cm³/mol. The number of aromatic nitrogens is 2. The Hall–Kier alpha value is -2.81. The van der Waals surface area contributed by atoms with Gasteiger partial charge in [0.05, 0.1) is 11.3 Å². The van der Waals surface area contributed by atoms with E-state index in [2.05, 4.69) is 15.7 Å². The fourth-order valence-corrected chi connectivity index (χ4v) is 3.59. The Bertz CT molecular complexity index is 1030. The Labute approximate surface area is 176 Å². The molecule has 0 spiro atoms. The monoisotopic (exact) mass is 440 g/mol. The molecule has 0 saturated carbocycles. The van der Waals surface area contributed by atoms with E-state index in [0.29, 0.717) is 29.1 Å². The van der Waals surface area contributed by atoms with E-state index in [9.17, 15) is 22.8 Å². The first-order valence-electron chi connectivity index (χ1n) is 9.32. The summed E-state index contributed by atoms with van der Waals surface area (Å²) in [5.74, 6) is -1.30. The SMILES string of the molecule is CNC(=O)c1cc(Cl)cc(C)c1NC(=O)c1cc(C(F)(F)F)nn1C1=CCCCC1. The zero-order valence-corrected chi connectivity index (χ0v) is 17.1. The van der Waals surface area contributed by atoms with E-state index in [1.165, 1.54) is 13.1 Å². The second-order valence-corrected chi connectivity index (χ2v) is 7.38. The summed E-state index contributed by atoms with van der Waals surface area (Å²) in [5.41, 5.74) is -0.0987. The van der Waals surface area contributed by atoms with E-state index in [1.807, 2.05) is 0 Å². The lowest BCUT2D eigenvalue weighted by Crippen LogP contribution is -2.23. The molecule has 3 rings (SSSR count). The van der Waals surface area contributed by atoms with E-state index in [1.54, 1.807) is 19.1 Å². The third-order valence-electron chi connectivity index (χ3n) is 4.78. The molecule has 6 nitrogen and oxygen atoms in total. The normalized spacial score (nSPS) is 14.3. The largest absolute Gasteiger partial charge is 0.435 e. The van der Waals surface area contributed by atoms with Crippen molar-refractivity contribution < 1.29 is 22.8 Å². The van der Waals surface area contributed by atoms with Crippen molar-refractivity contribution in [2.75, 3.05) is 12.4 Å². The van der Waals surface area contributed by atoms with Crippen molar-refractivity contribution in [2.24, 2.45) is 0 Å². The number of alkyl halides is 3. The molecule has 0 atom stereocenters. The fraction of sp³-hybridized carbons (Fsp3) is 0.350. The Morgan fingerprint density at radius 2 is 1.90 bits per heavy atom. The quantitative estimate of drug-likeness (QED) is 0.710. The summed E-state index contributed by atoms with van der Waals surface area (Å²) in [7, 11) is 1.42. The predicted octanol–water partition coefficient (Wildman–Crippen LogP) is 4.89. The van der Waals surface area contributed by atoms with Crippen LogP contribution in [-0.4, -0.2) is 28.6 Å².